The number of likely N-dealkylation sites (tertiary alicyclic amines) is 2. The first kappa shape index (κ1) is 18.5. The third-order valence-corrected chi connectivity index (χ3v) is 6.25. The van der Waals surface area contributed by atoms with E-state index in [1.807, 2.05) is 13.0 Å². The lowest BCUT2D eigenvalue weighted by molar-refractivity contribution is -0.134. The average Bonchev–Trinajstić information content (AvgIpc) is 3.47. The van der Waals surface area contributed by atoms with E-state index in [1.165, 1.54) is 0 Å². The highest BCUT2D eigenvalue weighted by Crippen LogP contribution is 2.32. The number of piperidine rings is 2. The standard InChI is InChI=1S/C20H31N5O2/c1-14-11-17(23-22-14)12-21-19(26)16-3-2-8-25(13-16)18-6-9-24(10-7-18)20(27)15-4-5-15/h11,15-16,18H,2-10,12-13H2,1H3,(H,21,26)(H,22,23)/t16-/m1/s1. The fraction of sp³-hybridized carbons (Fsp3) is 0.750. The van der Waals surface area contributed by atoms with Crippen LogP contribution in [0.4, 0.5) is 0 Å². The fourth-order valence-corrected chi connectivity index (χ4v) is 4.48. The summed E-state index contributed by atoms with van der Waals surface area (Å²) < 4.78 is 0. The number of aryl methyl sites for hydroxylation is 1. The Morgan fingerprint density at radius 3 is 2.59 bits per heavy atom. The van der Waals surface area contributed by atoms with Crippen LogP contribution in [0.5, 0.6) is 0 Å². The summed E-state index contributed by atoms with van der Waals surface area (Å²) in [6.07, 6.45) is 6.28. The maximum atomic E-state index is 12.6. The predicted octanol–water partition coefficient (Wildman–Crippen LogP) is 1.45. The molecule has 3 heterocycles. The molecule has 1 saturated carbocycles. The summed E-state index contributed by atoms with van der Waals surface area (Å²) in [6, 6.07) is 2.47. The molecule has 0 bridgehead atoms. The summed E-state index contributed by atoms with van der Waals surface area (Å²) in [6.45, 7) is 6.12. The van der Waals surface area contributed by atoms with Crippen LogP contribution in [0.1, 0.15) is 49.9 Å². The van der Waals surface area contributed by atoms with Crippen LogP contribution in [0.25, 0.3) is 0 Å². The van der Waals surface area contributed by atoms with E-state index in [-0.39, 0.29) is 11.8 Å². The number of carbonyl (C=O) groups excluding carboxylic acids is 2. The molecule has 3 aliphatic rings. The van der Waals surface area contributed by atoms with Crippen molar-refractivity contribution in [3.8, 4) is 0 Å². The van der Waals surface area contributed by atoms with E-state index in [2.05, 4.69) is 25.3 Å². The maximum Gasteiger partial charge on any atom is 0.225 e. The molecule has 1 aromatic heterocycles. The first-order chi connectivity index (χ1) is 13.1. The van der Waals surface area contributed by atoms with E-state index >= 15 is 0 Å². The molecule has 0 unspecified atom stereocenters. The average molecular weight is 374 g/mol. The van der Waals surface area contributed by atoms with Crippen molar-refractivity contribution >= 4 is 11.8 Å². The van der Waals surface area contributed by atoms with Crippen molar-refractivity contribution in [3.63, 3.8) is 0 Å². The first-order valence-electron chi connectivity index (χ1n) is 10.4. The van der Waals surface area contributed by atoms with Gasteiger partial charge in [0.1, 0.15) is 0 Å². The molecule has 2 saturated heterocycles. The van der Waals surface area contributed by atoms with Gasteiger partial charge in [-0.05, 0) is 58.1 Å². The number of amides is 2. The molecule has 7 nitrogen and oxygen atoms in total. The number of carbonyl (C=O) groups is 2. The number of nitrogens with one attached hydrogen (secondary N) is 2. The molecule has 148 valence electrons. The maximum absolute atomic E-state index is 12.6. The van der Waals surface area contributed by atoms with Gasteiger partial charge in [-0.3, -0.25) is 19.6 Å². The van der Waals surface area contributed by atoms with Crippen LogP contribution in [0.3, 0.4) is 0 Å². The zero-order valence-corrected chi connectivity index (χ0v) is 16.2. The van der Waals surface area contributed by atoms with E-state index in [4.69, 9.17) is 0 Å². The normalized spacial score (nSPS) is 24.8. The van der Waals surface area contributed by atoms with Crippen molar-refractivity contribution in [1.29, 1.82) is 0 Å². The molecular weight excluding hydrogens is 342 g/mol. The van der Waals surface area contributed by atoms with E-state index in [9.17, 15) is 9.59 Å². The second-order valence-electron chi connectivity index (χ2n) is 8.42. The van der Waals surface area contributed by atoms with Crippen molar-refractivity contribution < 1.29 is 9.59 Å². The Hall–Kier alpha value is -1.89. The number of hydrogen-bond acceptors (Lipinski definition) is 4. The Bertz CT molecular complexity index is 676. The van der Waals surface area contributed by atoms with Crippen molar-refractivity contribution in [3.05, 3.63) is 17.5 Å². The minimum atomic E-state index is 0.0601. The smallest absolute Gasteiger partial charge is 0.225 e. The Morgan fingerprint density at radius 1 is 1.15 bits per heavy atom. The van der Waals surface area contributed by atoms with Crippen LogP contribution < -0.4 is 5.32 Å². The molecule has 2 N–H and O–H groups in total. The molecule has 1 aromatic rings. The van der Waals surface area contributed by atoms with E-state index in [0.29, 0.717) is 24.4 Å². The molecule has 4 rings (SSSR count). The largest absolute Gasteiger partial charge is 0.350 e. The van der Waals surface area contributed by atoms with Crippen molar-refractivity contribution in [2.45, 2.75) is 58.0 Å². The number of hydrogen-bond donors (Lipinski definition) is 2. The monoisotopic (exact) mass is 373 g/mol. The van der Waals surface area contributed by atoms with Gasteiger partial charge in [-0.1, -0.05) is 0 Å². The third-order valence-electron chi connectivity index (χ3n) is 6.25. The number of H-pyrrole nitrogens is 1. The van der Waals surface area contributed by atoms with Gasteiger partial charge in [-0.2, -0.15) is 5.10 Å². The SMILES string of the molecule is Cc1cc(CNC(=O)[C@@H]2CCCN(C3CCN(C(=O)C4CC4)CC3)C2)n[nH]1. The second kappa shape index (κ2) is 8.00. The predicted molar refractivity (Wildman–Crippen MR) is 102 cm³/mol. The van der Waals surface area contributed by atoms with Gasteiger partial charge in [0.2, 0.25) is 11.8 Å². The van der Waals surface area contributed by atoms with Crippen LogP contribution in [-0.4, -0.2) is 64.0 Å². The third kappa shape index (κ3) is 4.51. The van der Waals surface area contributed by atoms with Crippen molar-refractivity contribution in [2.75, 3.05) is 26.2 Å². The molecule has 2 amide bonds. The molecule has 1 atom stereocenters. The summed E-state index contributed by atoms with van der Waals surface area (Å²) in [5.41, 5.74) is 1.89. The molecule has 27 heavy (non-hydrogen) atoms. The Labute approximate surface area is 160 Å². The van der Waals surface area contributed by atoms with Crippen molar-refractivity contribution in [1.82, 2.24) is 25.3 Å². The van der Waals surface area contributed by atoms with E-state index in [1.54, 1.807) is 0 Å². The lowest BCUT2D eigenvalue weighted by Crippen LogP contribution is -2.51. The second-order valence-corrected chi connectivity index (χ2v) is 8.42. The van der Waals surface area contributed by atoms with Crippen LogP contribution in [-0.2, 0) is 16.1 Å². The molecule has 1 aliphatic carbocycles. The molecule has 7 heteroatoms. The van der Waals surface area contributed by atoms with Crippen molar-refractivity contribution in [2.24, 2.45) is 11.8 Å². The highest BCUT2D eigenvalue weighted by Gasteiger charge is 2.37. The molecule has 2 aliphatic heterocycles. The van der Waals surface area contributed by atoms with Gasteiger partial charge in [0.05, 0.1) is 18.2 Å². The summed E-state index contributed by atoms with van der Waals surface area (Å²) in [4.78, 5) is 29.4. The quantitative estimate of drug-likeness (QED) is 0.818. The Balaban J connectivity index is 1.24. The first-order valence-corrected chi connectivity index (χ1v) is 10.4. The lowest BCUT2D eigenvalue weighted by atomic mass is 9.93. The van der Waals surface area contributed by atoms with Gasteiger partial charge in [0, 0.05) is 37.3 Å². The summed E-state index contributed by atoms with van der Waals surface area (Å²) in [5, 5.41) is 10.1. The molecule has 0 spiro atoms. The fourth-order valence-electron chi connectivity index (χ4n) is 4.48. The Kier molecular flexibility index (Phi) is 5.48. The lowest BCUT2D eigenvalue weighted by Gasteiger charge is -2.42. The van der Waals surface area contributed by atoms with Gasteiger partial charge in [-0.25, -0.2) is 0 Å². The summed E-state index contributed by atoms with van der Waals surface area (Å²) in [5.74, 6) is 0.896. The van der Waals surface area contributed by atoms with E-state index < -0.39 is 0 Å². The molecule has 0 aromatic carbocycles. The molecule has 0 radical (unpaired) electrons. The summed E-state index contributed by atoms with van der Waals surface area (Å²) in [7, 11) is 0. The number of rotatable bonds is 5. The topological polar surface area (TPSA) is 81.3 Å². The van der Waals surface area contributed by atoms with Gasteiger partial charge in [-0.15, -0.1) is 0 Å². The van der Waals surface area contributed by atoms with Crippen LogP contribution in [0, 0.1) is 18.8 Å². The van der Waals surface area contributed by atoms with Gasteiger partial charge >= 0.3 is 0 Å². The van der Waals surface area contributed by atoms with E-state index in [0.717, 1.165) is 76.1 Å². The summed E-state index contributed by atoms with van der Waals surface area (Å²) >= 11 is 0. The van der Waals surface area contributed by atoms with Gasteiger partial charge in [0.15, 0.2) is 0 Å². The van der Waals surface area contributed by atoms with Gasteiger partial charge < -0.3 is 10.2 Å². The minimum absolute atomic E-state index is 0.0601. The Morgan fingerprint density at radius 2 is 1.93 bits per heavy atom. The zero-order valence-electron chi connectivity index (χ0n) is 16.2. The number of nitrogens with zero attached hydrogens (tertiary/aromatic N) is 3. The minimum Gasteiger partial charge on any atom is -0.350 e. The van der Waals surface area contributed by atoms with Crippen LogP contribution in [0.2, 0.25) is 0 Å². The number of aromatic nitrogens is 2. The van der Waals surface area contributed by atoms with Crippen LogP contribution >= 0.6 is 0 Å². The van der Waals surface area contributed by atoms with Crippen LogP contribution in [0.15, 0.2) is 6.07 Å². The molecule has 3 fully saturated rings. The highest BCUT2D eigenvalue weighted by atomic mass is 16.2. The number of aromatic amines is 1. The highest BCUT2D eigenvalue weighted by molar-refractivity contribution is 5.81. The zero-order chi connectivity index (χ0) is 18.8. The van der Waals surface area contributed by atoms with Gasteiger partial charge in [0.25, 0.3) is 0 Å². The molecular formula is C20H31N5O2.